The van der Waals surface area contributed by atoms with Crippen LogP contribution in [0.3, 0.4) is 0 Å². The van der Waals surface area contributed by atoms with Crippen LogP contribution in [-0.2, 0) is 5.54 Å². The molecule has 0 fully saturated rings. The minimum Gasteiger partial charge on any atom is -0.394 e. The highest BCUT2D eigenvalue weighted by Gasteiger charge is 2.32. The smallest absolute Gasteiger partial charge is 0.0797 e. The van der Waals surface area contributed by atoms with Crippen molar-refractivity contribution in [2.45, 2.75) is 32.7 Å². The Morgan fingerprint density at radius 1 is 1.16 bits per heavy atom. The van der Waals surface area contributed by atoms with Gasteiger partial charge >= 0.3 is 0 Å². The minimum absolute atomic E-state index is 0.116. The van der Waals surface area contributed by atoms with Gasteiger partial charge in [-0.05, 0) is 31.6 Å². The number of rotatable bonds is 9. The monoisotopic (exact) mass is 264 g/mol. The van der Waals surface area contributed by atoms with E-state index in [1.807, 2.05) is 18.2 Å². The van der Waals surface area contributed by atoms with Gasteiger partial charge < -0.3 is 15.3 Å². The Bertz CT molecular complexity index is 342. The second-order valence-corrected chi connectivity index (χ2v) is 5.01. The summed E-state index contributed by atoms with van der Waals surface area (Å²) >= 11 is 0. The lowest BCUT2D eigenvalue weighted by atomic mass is 9.89. The Morgan fingerprint density at radius 3 is 2.32 bits per heavy atom. The molecule has 0 spiro atoms. The van der Waals surface area contributed by atoms with Gasteiger partial charge in [-0.2, -0.15) is 0 Å². The molecule has 19 heavy (non-hydrogen) atoms. The number of hydrogen-bond donors (Lipinski definition) is 2. The van der Waals surface area contributed by atoms with Crippen molar-refractivity contribution in [1.82, 2.24) is 10.2 Å². The first kappa shape index (κ1) is 16.2. The third kappa shape index (κ3) is 4.30. The predicted molar refractivity (Wildman–Crippen MR) is 81.3 cm³/mol. The number of likely N-dealkylation sites (N-methyl/N-ethyl adjacent to an activating group) is 2. The normalized spacial score (nSPS) is 14.6. The predicted octanol–water partition coefficient (Wildman–Crippen LogP) is 2.22. The van der Waals surface area contributed by atoms with E-state index in [4.69, 9.17) is 0 Å². The maximum absolute atomic E-state index is 9.98. The van der Waals surface area contributed by atoms with E-state index in [9.17, 15) is 5.11 Å². The van der Waals surface area contributed by atoms with Crippen molar-refractivity contribution in [2.75, 3.05) is 32.8 Å². The largest absolute Gasteiger partial charge is 0.394 e. The van der Waals surface area contributed by atoms with E-state index >= 15 is 0 Å². The lowest BCUT2D eigenvalue weighted by Crippen LogP contribution is -2.53. The molecule has 0 amide bonds. The summed E-state index contributed by atoms with van der Waals surface area (Å²) in [4.78, 5) is 2.39. The highest BCUT2D eigenvalue weighted by molar-refractivity contribution is 5.25. The topological polar surface area (TPSA) is 35.5 Å². The van der Waals surface area contributed by atoms with E-state index in [1.165, 1.54) is 0 Å². The maximum Gasteiger partial charge on any atom is 0.0797 e. The first-order valence-electron chi connectivity index (χ1n) is 7.36. The summed E-state index contributed by atoms with van der Waals surface area (Å²) < 4.78 is 0. The van der Waals surface area contributed by atoms with E-state index < -0.39 is 0 Å². The lowest BCUT2D eigenvalue weighted by molar-refractivity contribution is 0.110. The van der Waals surface area contributed by atoms with Crippen LogP contribution in [0.5, 0.6) is 0 Å². The molecule has 1 aromatic rings. The van der Waals surface area contributed by atoms with Gasteiger partial charge in [-0.25, -0.2) is 0 Å². The number of nitrogens with one attached hydrogen (secondary N) is 1. The van der Waals surface area contributed by atoms with Crippen LogP contribution in [0.15, 0.2) is 30.3 Å². The Labute approximate surface area is 117 Å². The number of aliphatic hydroxyl groups excluding tert-OH is 1. The summed E-state index contributed by atoms with van der Waals surface area (Å²) in [7, 11) is 0. The molecule has 1 aromatic carbocycles. The van der Waals surface area contributed by atoms with Gasteiger partial charge in [0.25, 0.3) is 0 Å². The van der Waals surface area contributed by atoms with Crippen molar-refractivity contribution in [1.29, 1.82) is 0 Å². The molecule has 0 aliphatic rings. The van der Waals surface area contributed by atoms with Crippen molar-refractivity contribution in [3.63, 3.8) is 0 Å². The molecule has 0 aromatic heterocycles. The van der Waals surface area contributed by atoms with E-state index in [-0.39, 0.29) is 12.1 Å². The Hall–Kier alpha value is -0.900. The number of benzene rings is 1. The molecule has 0 saturated heterocycles. The van der Waals surface area contributed by atoms with Crippen LogP contribution in [0.1, 0.15) is 32.8 Å². The Morgan fingerprint density at radius 2 is 1.84 bits per heavy atom. The molecule has 0 aliphatic carbocycles. The summed E-state index contributed by atoms with van der Waals surface area (Å²) in [5, 5.41) is 13.5. The molecule has 0 bridgehead atoms. The SMILES string of the molecule is CCCN(CC)CC(CO)(NCC)c1ccccc1. The highest BCUT2D eigenvalue weighted by atomic mass is 16.3. The summed E-state index contributed by atoms with van der Waals surface area (Å²) in [6, 6.07) is 10.3. The van der Waals surface area contributed by atoms with Gasteiger partial charge in [-0.3, -0.25) is 0 Å². The van der Waals surface area contributed by atoms with Gasteiger partial charge in [0, 0.05) is 6.54 Å². The molecule has 0 aliphatic heterocycles. The molecule has 108 valence electrons. The third-order valence-corrected chi connectivity index (χ3v) is 3.59. The van der Waals surface area contributed by atoms with Crippen LogP contribution in [0.25, 0.3) is 0 Å². The van der Waals surface area contributed by atoms with Crippen molar-refractivity contribution in [3.05, 3.63) is 35.9 Å². The van der Waals surface area contributed by atoms with Crippen molar-refractivity contribution >= 4 is 0 Å². The number of aliphatic hydroxyl groups is 1. The molecule has 3 nitrogen and oxygen atoms in total. The number of nitrogens with zero attached hydrogens (tertiary/aromatic N) is 1. The molecular weight excluding hydrogens is 236 g/mol. The minimum atomic E-state index is -0.360. The standard InChI is InChI=1S/C16H28N2O/c1-4-12-18(6-3)13-16(14-19,17-5-2)15-10-8-7-9-11-15/h7-11,17,19H,4-6,12-14H2,1-3H3. The van der Waals surface area contributed by atoms with Crippen LogP contribution in [0.2, 0.25) is 0 Å². The number of hydrogen-bond acceptors (Lipinski definition) is 3. The van der Waals surface area contributed by atoms with Crippen LogP contribution in [0, 0.1) is 0 Å². The molecule has 1 unspecified atom stereocenters. The summed E-state index contributed by atoms with van der Waals surface area (Å²) in [6.45, 7) is 10.3. The van der Waals surface area contributed by atoms with Crippen LogP contribution in [-0.4, -0.2) is 42.8 Å². The molecular formula is C16H28N2O. The first-order chi connectivity index (χ1) is 9.22. The van der Waals surface area contributed by atoms with Gasteiger partial charge in [0.05, 0.1) is 12.1 Å². The summed E-state index contributed by atoms with van der Waals surface area (Å²) in [5.74, 6) is 0. The van der Waals surface area contributed by atoms with Crippen LogP contribution < -0.4 is 5.32 Å². The van der Waals surface area contributed by atoms with Gasteiger partial charge in [-0.1, -0.05) is 51.1 Å². The zero-order chi connectivity index (χ0) is 14.1. The fraction of sp³-hybridized carbons (Fsp3) is 0.625. The van der Waals surface area contributed by atoms with Crippen LogP contribution >= 0.6 is 0 Å². The Kier molecular flexibility index (Phi) is 7.06. The zero-order valence-corrected chi connectivity index (χ0v) is 12.5. The molecule has 0 saturated carbocycles. The average Bonchev–Trinajstić information content (AvgIpc) is 2.47. The second-order valence-electron chi connectivity index (χ2n) is 5.01. The van der Waals surface area contributed by atoms with Gasteiger partial charge in [-0.15, -0.1) is 0 Å². The quantitative estimate of drug-likeness (QED) is 0.718. The van der Waals surface area contributed by atoms with Gasteiger partial charge in [0.2, 0.25) is 0 Å². The van der Waals surface area contributed by atoms with Crippen molar-refractivity contribution in [2.24, 2.45) is 0 Å². The third-order valence-electron chi connectivity index (χ3n) is 3.59. The average molecular weight is 264 g/mol. The van der Waals surface area contributed by atoms with E-state index in [1.54, 1.807) is 0 Å². The molecule has 3 heteroatoms. The van der Waals surface area contributed by atoms with Crippen LogP contribution in [0.4, 0.5) is 0 Å². The molecule has 2 N–H and O–H groups in total. The van der Waals surface area contributed by atoms with E-state index in [0.717, 1.165) is 38.2 Å². The molecule has 1 atom stereocenters. The van der Waals surface area contributed by atoms with E-state index in [2.05, 4.69) is 43.1 Å². The fourth-order valence-corrected chi connectivity index (χ4v) is 2.59. The Balaban J connectivity index is 2.98. The second kappa shape index (κ2) is 8.31. The maximum atomic E-state index is 9.98. The van der Waals surface area contributed by atoms with Gasteiger partial charge in [0.15, 0.2) is 0 Å². The molecule has 1 rings (SSSR count). The van der Waals surface area contributed by atoms with Crippen molar-refractivity contribution in [3.8, 4) is 0 Å². The summed E-state index contributed by atoms with van der Waals surface area (Å²) in [6.07, 6.45) is 1.14. The molecule has 0 heterocycles. The highest BCUT2D eigenvalue weighted by Crippen LogP contribution is 2.22. The summed E-state index contributed by atoms with van der Waals surface area (Å²) in [5.41, 5.74) is 0.801. The first-order valence-corrected chi connectivity index (χ1v) is 7.36. The molecule has 0 radical (unpaired) electrons. The van der Waals surface area contributed by atoms with E-state index in [0.29, 0.717) is 0 Å². The van der Waals surface area contributed by atoms with Crippen molar-refractivity contribution < 1.29 is 5.11 Å². The fourth-order valence-electron chi connectivity index (χ4n) is 2.59. The lowest BCUT2D eigenvalue weighted by Gasteiger charge is -2.38. The van der Waals surface area contributed by atoms with Gasteiger partial charge in [0.1, 0.15) is 0 Å². The zero-order valence-electron chi connectivity index (χ0n) is 12.5.